The number of allylic oxidation sites excluding steroid dienone is 1. The van der Waals surface area contributed by atoms with Gasteiger partial charge in [-0.2, -0.15) is 0 Å². The first-order chi connectivity index (χ1) is 11.3. The highest BCUT2D eigenvalue weighted by Gasteiger charge is 2.33. The zero-order valence-corrected chi connectivity index (χ0v) is 18.5. The summed E-state index contributed by atoms with van der Waals surface area (Å²) in [5, 5.41) is 9.33. The summed E-state index contributed by atoms with van der Waals surface area (Å²) in [4.78, 5) is 0. The van der Waals surface area contributed by atoms with Crippen LogP contribution in [0.1, 0.15) is 68.2 Å². The summed E-state index contributed by atoms with van der Waals surface area (Å²) in [5.74, 6) is 1.32. The topological polar surface area (TPSA) is 29.5 Å². The lowest BCUT2D eigenvalue weighted by atomic mass is 9.92. The third-order valence-corrected chi connectivity index (χ3v) is 10.2. The molecule has 0 amide bonds. The third kappa shape index (κ3) is 7.67. The van der Waals surface area contributed by atoms with Gasteiger partial charge in [0.1, 0.15) is 0 Å². The normalized spacial score (nSPS) is 17.7. The number of hydrogen-bond donors (Lipinski definition) is 1. The van der Waals surface area contributed by atoms with Gasteiger partial charge in [0.2, 0.25) is 0 Å². The number of hydrogen-bond acceptors (Lipinski definition) is 2. The molecule has 24 heavy (non-hydrogen) atoms. The maximum absolute atomic E-state index is 9.33. The van der Waals surface area contributed by atoms with E-state index in [2.05, 4.69) is 61.5 Å². The zero-order chi connectivity index (χ0) is 18.8. The molecule has 0 unspecified atom stereocenters. The van der Waals surface area contributed by atoms with Gasteiger partial charge in [-0.05, 0) is 61.4 Å². The number of aliphatic hydroxyl groups excluding tert-OH is 1. The van der Waals surface area contributed by atoms with E-state index in [1.165, 1.54) is 18.4 Å². The van der Waals surface area contributed by atoms with Crippen LogP contribution in [0.15, 0.2) is 23.3 Å². The van der Waals surface area contributed by atoms with Crippen molar-refractivity contribution in [1.82, 2.24) is 0 Å². The molecule has 0 aromatic carbocycles. The zero-order valence-electron chi connectivity index (χ0n) is 17.5. The summed E-state index contributed by atoms with van der Waals surface area (Å²) >= 11 is 0. The van der Waals surface area contributed by atoms with Crippen molar-refractivity contribution in [2.75, 3.05) is 6.61 Å². The van der Waals surface area contributed by atoms with Crippen molar-refractivity contribution in [1.29, 1.82) is 0 Å². The van der Waals surface area contributed by atoms with Crippen LogP contribution in [0.3, 0.4) is 0 Å². The molecule has 0 saturated carbocycles. The fourth-order valence-electron chi connectivity index (χ4n) is 3.45. The van der Waals surface area contributed by atoms with Crippen molar-refractivity contribution in [3.63, 3.8) is 0 Å². The summed E-state index contributed by atoms with van der Waals surface area (Å²) in [6, 6.07) is 3.45. The Kier molecular flexibility index (Phi) is 11.9. The summed E-state index contributed by atoms with van der Waals surface area (Å²) in [6.07, 6.45) is 6.79. The highest BCUT2D eigenvalue weighted by molar-refractivity contribution is 6.73. The van der Waals surface area contributed by atoms with Crippen LogP contribution >= 0.6 is 0 Å². The first-order valence-electron chi connectivity index (χ1n) is 9.92. The van der Waals surface area contributed by atoms with Crippen LogP contribution in [0.25, 0.3) is 0 Å². The molecular weight excluding hydrogens is 312 g/mol. The van der Waals surface area contributed by atoms with E-state index >= 15 is 0 Å². The Morgan fingerprint density at radius 2 is 1.54 bits per heavy atom. The molecule has 0 bridgehead atoms. The van der Waals surface area contributed by atoms with Gasteiger partial charge in [0, 0.05) is 0 Å². The lowest BCUT2D eigenvalue weighted by Crippen LogP contribution is -2.40. The Bertz CT molecular complexity index is 388. The van der Waals surface area contributed by atoms with Gasteiger partial charge in [-0.15, -0.1) is 0 Å². The molecule has 0 heterocycles. The molecule has 0 fully saturated rings. The van der Waals surface area contributed by atoms with Crippen molar-refractivity contribution in [3.05, 3.63) is 23.3 Å². The van der Waals surface area contributed by atoms with Crippen molar-refractivity contribution in [2.24, 2.45) is 11.8 Å². The number of aliphatic hydroxyl groups is 1. The Morgan fingerprint density at radius 3 is 1.96 bits per heavy atom. The summed E-state index contributed by atoms with van der Waals surface area (Å²) in [5.41, 5.74) is 2.45. The molecule has 1 N–H and O–H groups in total. The molecule has 0 rings (SSSR count). The van der Waals surface area contributed by atoms with Gasteiger partial charge in [0.05, 0.1) is 12.7 Å². The molecule has 2 nitrogen and oxygen atoms in total. The quantitative estimate of drug-likeness (QED) is 0.327. The minimum Gasteiger partial charge on any atom is -0.407 e. The van der Waals surface area contributed by atoms with E-state index in [4.69, 9.17) is 4.43 Å². The second kappa shape index (κ2) is 12.0. The van der Waals surface area contributed by atoms with Crippen LogP contribution in [0.4, 0.5) is 0 Å². The maximum Gasteiger partial charge on any atom is 0.193 e. The average molecular weight is 355 g/mol. The molecule has 142 valence electrons. The van der Waals surface area contributed by atoms with Crippen LogP contribution in [-0.4, -0.2) is 26.1 Å². The highest BCUT2D eigenvalue weighted by atomic mass is 28.4. The van der Waals surface area contributed by atoms with Crippen LogP contribution in [0.5, 0.6) is 0 Å². The van der Waals surface area contributed by atoms with Crippen LogP contribution in [0.2, 0.25) is 18.1 Å². The Balaban J connectivity index is 5.44. The second-order valence-electron chi connectivity index (χ2n) is 7.51. The van der Waals surface area contributed by atoms with Crippen LogP contribution < -0.4 is 0 Å². The van der Waals surface area contributed by atoms with Gasteiger partial charge in [0.15, 0.2) is 8.32 Å². The minimum absolute atomic E-state index is 0.0306. The van der Waals surface area contributed by atoms with E-state index in [1.807, 2.05) is 6.08 Å². The average Bonchev–Trinajstić information content (AvgIpc) is 2.56. The Labute approximate surface area is 152 Å². The number of rotatable bonds is 12. The van der Waals surface area contributed by atoms with Gasteiger partial charge in [0.25, 0.3) is 0 Å². The van der Waals surface area contributed by atoms with Crippen LogP contribution in [0, 0.1) is 11.8 Å². The second-order valence-corrected chi connectivity index (χ2v) is 12.2. The first kappa shape index (κ1) is 23.6. The molecule has 3 atom stereocenters. The van der Waals surface area contributed by atoms with E-state index in [0.29, 0.717) is 5.92 Å². The fourth-order valence-corrected chi connectivity index (χ4v) is 6.32. The monoisotopic (exact) mass is 354 g/mol. The van der Waals surface area contributed by atoms with Gasteiger partial charge >= 0.3 is 0 Å². The van der Waals surface area contributed by atoms with Crippen molar-refractivity contribution in [2.45, 2.75) is 92.5 Å². The summed E-state index contributed by atoms with van der Waals surface area (Å²) < 4.78 is 6.79. The molecule has 0 aliphatic carbocycles. The van der Waals surface area contributed by atoms with Crippen molar-refractivity contribution in [3.8, 4) is 0 Å². The highest BCUT2D eigenvalue weighted by Crippen LogP contribution is 2.29. The smallest absolute Gasteiger partial charge is 0.193 e. The molecule has 3 heteroatoms. The van der Waals surface area contributed by atoms with Crippen LogP contribution in [-0.2, 0) is 4.43 Å². The molecule has 0 aromatic heterocycles. The fraction of sp³-hybridized carbons (Fsp3) is 0.810. The molecular formula is C21H42O2Si. The predicted molar refractivity (Wildman–Crippen MR) is 110 cm³/mol. The Hall–Kier alpha value is -0.383. The largest absolute Gasteiger partial charge is 0.407 e. The SMILES string of the molecule is CC[C@@H](C)C[C@H](C)/C=C(\C)[C@@H](O[Si](CC)(CC)CC)/C(C)=C\CO. The molecule has 0 aromatic rings. The summed E-state index contributed by atoms with van der Waals surface area (Å²) in [6.45, 7) is 18.1. The lowest BCUT2D eigenvalue weighted by Gasteiger charge is -2.35. The van der Waals surface area contributed by atoms with E-state index in [0.717, 1.165) is 29.6 Å². The lowest BCUT2D eigenvalue weighted by molar-refractivity contribution is 0.250. The van der Waals surface area contributed by atoms with Gasteiger partial charge in [-0.25, -0.2) is 0 Å². The van der Waals surface area contributed by atoms with Gasteiger partial charge in [-0.3, -0.25) is 0 Å². The molecule has 0 spiro atoms. The van der Waals surface area contributed by atoms with Crippen molar-refractivity contribution < 1.29 is 9.53 Å². The molecule has 0 aliphatic rings. The third-order valence-electron chi connectivity index (χ3n) is 5.56. The van der Waals surface area contributed by atoms with Crippen molar-refractivity contribution >= 4 is 8.32 Å². The van der Waals surface area contributed by atoms with E-state index in [-0.39, 0.29) is 12.7 Å². The van der Waals surface area contributed by atoms with E-state index in [9.17, 15) is 5.11 Å². The van der Waals surface area contributed by atoms with Gasteiger partial charge < -0.3 is 9.53 Å². The minimum atomic E-state index is -1.69. The van der Waals surface area contributed by atoms with Gasteiger partial charge in [-0.1, -0.05) is 60.1 Å². The predicted octanol–water partition coefficient (Wildman–Crippen LogP) is 6.33. The maximum atomic E-state index is 9.33. The first-order valence-corrected chi connectivity index (χ1v) is 12.5. The summed E-state index contributed by atoms with van der Waals surface area (Å²) in [7, 11) is -1.69. The molecule has 0 aliphatic heterocycles. The standard InChI is InChI=1S/C21H42O2Si/c1-9-17(5)15-18(6)16-20(8)21(19(7)13-14-22)23-24(10-2,11-3)12-4/h13,16-18,21-22H,9-12,14-15H2,1-8H3/b19-13-,20-16+/t17-,18+,21+/m1/s1. The van der Waals surface area contributed by atoms with E-state index in [1.54, 1.807) is 0 Å². The molecule has 0 radical (unpaired) electrons. The molecule has 0 saturated heterocycles. The Morgan fingerprint density at radius 1 is 1.00 bits per heavy atom. The van der Waals surface area contributed by atoms with E-state index < -0.39 is 8.32 Å².